The van der Waals surface area contributed by atoms with Crippen LogP contribution in [0.15, 0.2) is 36.4 Å². The third-order valence-electron chi connectivity index (χ3n) is 2.43. The average Bonchev–Trinajstić information content (AvgIpc) is 2.46. The molecule has 0 fully saturated rings. The van der Waals surface area contributed by atoms with Gasteiger partial charge in [-0.1, -0.05) is 12.1 Å². The second kappa shape index (κ2) is 5.97. The van der Waals surface area contributed by atoms with E-state index in [1.54, 1.807) is 13.2 Å². The van der Waals surface area contributed by atoms with Crippen LogP contribution in [0.25, 0.3) is 0 Å². The molecule has 2 N–H and O–H groups in total. The van der Waals surface area contributed by atoms with Crippen molar-refractivity contribution < 1.29 is 9.47 Å². The highest BCUT2D eigenvalue weighted by Gasteiger charge is 2.00. The van der Waals surface area contributed by atoms with Crippen LogP contribution in [-0.4, -0.2) is 17.3 Å². The number of benzene rings is 1. The van der Waals surface area contributed by atoms with Gasteiger partial charge < -0.3 is 15.2 Å². The van der Waals surface area contributed by atoms with Gasteiger partial charge >= 0.3 is 0 Å². The van der Waals surface area contributed by atoms with Crippen molar-refractivity contribution >= 4 is 0 Å². The zero-order chi connectivity index (χ0) is 12.8. The minimum absolute atomic E-state index is 0.366. The molecule has 0 atom stereocenters. The van der Waals surface area contributed by atoms with Crippen LogP contribution >= 0.6 is 0 Å². The van der Waals surface area contributed by atoms with E-state index in [1.807, 2.05) is 30.3 Å². The first-order chi connectivity index (χ1) is 8.81. The third kappa shape index (κ3) is 3.18. The van der Waals surface area contributed by atoms with Crippen molar-refractivity contribution in [2.45, 2.75) is 13.2 Å². The monoisotopic (exact) mass is 245 g/mol. The van der Waals surface area contributed by atoms with E-state index in [2.05, 4.69) is 10.2 Å². The Morgan fingerprint density at radius 2 is 2.06 bits per heavy atom. The lowest BCUT2D eigenvalue weighted by molar-refractivity contribution is 0.298. The molecule has 2 aromatic rings. The Bertz CT molecular complexity index is 500. The van der Waals surface area contributed by atoms with E-state index in [4.69, 9.17) is 15.2 Å². The molecule has 94 valence electrons. The highest BCUT2D eigenvalue weighted by Crippen LogP contribution is 2.14. The highest BCUT2D eigenvalue weighted by molar-refractivity contribution is 5.28. The van der Waals surface area contributed by atoms with Crippen LogP contribution < -0.4 is 15.2 Å². The van der Waals surface area contributed by atoms with E-state index < -0.39 is 0 Å². The summed E-state index contributed by atoms with van der Waals surface area (Å²) in [7, 11) is 1.55. The SMILES string of the molecule is COc1ccc(COc2cccc(CN)c2)nn1. The quantitative estimate of drug-likeness (QED) is 0.864. The van der Waals surface area contributed by atoms with Gasteiger partial charge in [0.15, 0.2) is 0 Å². The topological polar surface area (TPSA) is 70.3 Å². The number of ether oxygens (including phenoxy) is 2. The molecule has 0 saturated carbocycles. The van der Waals surface area contributed by atoms with Crippen LogP contribution in [-0.2, 0) is 13.2 Å². The van der Waals surface area contributed by atoms with E-state index in [1.165, 1.54) is 0 Å². The summed E-state index contributed by atoms with van der Waals surface area (Å²) in [4.78, 5) is 0. The maximum Gasteiger partial charge on any atom is 0.233 e. The molecule has 5 heteroatoms. The molecular formula is C13H15N3O2. The summed E-state index contributed by atoms with van der Waals surface area (Å²) in [6, 6.07) is 11.2. The molecule has 0 aliphatic rings. The minimum Gasteiger partial charge on any atom is -0.487 e. The number of hydrogen-bond acceptors (Lipinski definition) is 5. The molecule has 18 heavy (non-hydrogen) atoms. The fraction of sp³-hybridized carbons (Fsp3) is 0.231. The highest BCUT2D eigenvalue weighted by atomic mass is 16.5. The molecule has 0 aliphatic heterocycles. The first-order valence-corrected chi connectivity index (χ1v) is 5.60. The summed E-state index contributed by atoms with van der Waals surface area (Å²) in [5.41, 5.74) is 7.35. The number of rotatable bonds is 5. The third-order valence-corrected chi connectivity index (χ3v) is 2.43. The summed E-state index contributed by atoms with van der Waals surface area (Å²) in [6.45, 7) is 0.866. The maximum atomic E-state index is 5.61. The van der Waals surface area contributed by atoms with E-state index in [0.29, 0.717) is 19.0 Å². The van der Waals surface area contributed by atoms with Gasteiger partial charge in [-0.25, -0.2) is 0 Å². The summed E-state index contributed by atoms with van der Waals surface area (Å²) >= 11 is 0. The molecule has 1 aromatic carbocycles. The average molecular weight is 245 g/mol. The van der Waals surface area contributed by atoms with E-state index in [-0.39, 0.29) is 0 Å². The van der Waals surface area contributed by atoms with Crippen molar-refractivity contribution in [3.8, 4) is 11.6 Å². The van der Waals surface area contributed by atoms with Crippen molar-refractivity contribution in [1.29, 1.82) is 0 Å². The first-order valence-electron chi connectivity index (χ1n) is 5.60. The van der Waals surface area contributed by atoms with E-state index in [0.717, 1.165) is 17.0 Å². The Balaban J connectivity index is 1.97. The number of methoxy groups -OCH3 is 1. The summed E-state index contributed by atoms with van der Waals surface area (Å²) in [5.74, 6) is 1.26. The van der Waals surface area contributed by atoms with Gasteiger partial charge in [0.2, 0.25) is 5.88 Å². The molecule has 0 unspecified atom stereocenters. The van der Waals surface area contributed by atoms with Crippen LogP contribution in [0.4, 0.5) is 0 Å². The van der Waals surface area contributed by atoms with Crippen LogP contribution in [0.2, 0.25) is 0 Å². The second-order valence-electron chi connectivity index (χ2n) is 3.71. The van der Waals surface area contributed by atoms with Crippen LogP contribution in [0.1, 0.15) is 11.3 Å². The van der Waals surface area contributed by atoms with Gasteiger partial charge in [-0.2, -0.15) is 0 Å². The number of nitrogens with zero attached hydrogens (tertiary/aromatic N) is 2. The minimum atomic E-state index is 0.366. The Hall–Kier alpha value is -2.14. The predicted octanol–water partition coefficient (Wildman–Crippen LogP) is 1.52. The molecule has 0 bridgehead atoms. The van der Waals surface area contributed by atoms with Crippen LogP contribution in [0, 0.1) is 0 Å². The molecule has 2 rings (SSSR count). The largest absolute Gasteiger partial charge is 0.487 e. The molecule has 0 spiro atoms. The predicted molar refractivity (Wildman–Crippen MR) is 67.2 cm³/mol. The Morgan fingerprint density at radius 3 is 2.72 bits per heavy atom. The fourth-order valence-electron chi connectivity index (χ4n) is 1.45. The van der Waals surface area contributed by atoms with Gasteiger partial charge in [0.1, 0.15) is 18.1 Å². The summed E-state index contributed by atoms with van der Waals surface area (Å²) in [6.07, 6.45) is 0. The Kier molecular flexibility index (Phi) is 4.09. The zero-order valence-corrected chi connectivity index (χ0v) is 10.2. The number of hydrogen-bond donors (Lipinski definition) is 1. The normalized spacial score (nSPS) is 10.1. The molecule has 0 saturated heterocycles. The molecule has 5 nitrogen and oxygen atoms in total. The molecule has 1 heterocycles. The van der Waals surface area contributed by atoms with Gasteiger partial charge in [0.25, 0.3) is 0 Å². The van der Waals surface area contributed by atoms with Gasteiger partial charge in [-0.15, -0.1) is 10.2 Å². The van der Waals surface area contributed by atoms with Gasteiger partial charge in [0.05, 0.1) is 7.11 Å². The van der Waals surface area contributed by atoms with E-state index >= 15 is 0 Å². The van der Waals surface area contributed by atoms with Gasteiger partial charge in [0, 0.05) is 12.6 Å². The number of nitrogens with two attached hydrogens (primary N) is 1. The Morgan fingerprint density at radius 1 is 1.17 bits per heavy atom. The van der Waals surface area contributed by atoms with Crippen LogP contribution in [0.5, 0.6) is 11.6 Å². The van der Waals surface area contributed by atoms with Crippen LogP contribution in [0.3, 0.4) is 0 Å². The smallest absolute Gasteiger partial charge is 0.233 e. The standard InChI is InChI=1S/C13H15N3O2/c1-17-13-6-5-11(15-16-13)9-18-12-4-2-3-10(7-12)8-14/h2-7H,8-9,14H2,1H3. The second-order valence-corrected chi connectivity index (χ2v) is 3.71. The summed E-state index contributed by atoms with van der Waals surface area (Å²) in [5, 5.41) is 7.85. The molecule has 0 amide bonds. The first kappa shape index (κ1) is 12.3. The van der Waals surface area contributed by atoms with Crippen molar-refractivity contribution in [2.75, 3.05) is 7.11 Å². The fourth-order valence-corrected chi connectivity index (χ4v) is 1.45. The van der Waals surface area contributed by atoms with Gasteiger partial charge in [-0.05, 0) is 23.8 Å². The lowest BCUT2D eigenvalue weighted by atomic mass is 10.2. The zero-order valence-electron chi connectivity index (χ0n) is 10.2. The molecular weight excluding hydrogens is 230 g/mol. The van der Waals surface area contributed by atoms with Gasteiger partial charge in [-0.3, -0.25) is 0 Å². The Labute approximate surface area is 106 Å². The lowest BCUT2D eigenvalue weighted by Crippen LogP contribution is -2.01. The molecule has 0 radical (unpaired) electrons. The van der Waals surface area contributed by atoms with Crippen molar-refractivity contribution in [3.63, 3.8) is 0 Å². The summed E-state index contributed by atoms with van der Waals surface area (Å²) < 4.78 is 10.5. The van der Waals surface area contributed by atoms with E-state index in [9.17, 15) is 0 Å². The van der Waals surface area contributed by atoms with Crippen molar-refractivity contribution in [3.05, 3.63) is 47.7 Å². The van der Waals surface area contributed by atoms with Crippen molar-refractivity contribution in [1.82, 2.24) is 10.2 Å². The number of aromatic nitrogens is 2. The molecule has 0 aliphatic carbocycles. The molecule has 1 aromatic heterocycles. The maximum absolute atomic E-state index is 5.61. The lowest BCUT2D eigenvalue weighted by Gasteiger charge is -2.06. The van der Waals surface area contributed by atoms with Crippen molar-refractivity contribution in [2.24, 2.45) is 5.73 Å².